The molecular formula is C17H14F3N3O. The van der Waals surface area contributed by atoms with Gasteiger partial charge >= 0.3 is 6.18 Å². The second-order valence-corrected chi connectivity index (χ2v) is 5.10. The third-order valence-electron chi connectivity index (χ3n) is 3.45. The Balaban J connectivity index is 2.93. The molecule has 0 spiro atoms. The van der Waals surface area contributed by atoms with E-state index in [-0.39, 0.29) is 5.69 Å². The molecule has 2 aromatic rings. The van der Waals surface area contributed by atoms with Crippen LogP contribution in [0.5, 0.6) is 0 Å². The summed E-state index contributed by atoms with van der Waals surface area (Å²) in [5.74, 6) is 0. The first-order valence-electron chi connectivity index (χ1n) is 7.16. The van der Waals surface area contributed by atoms with Crippen LogP contribution >= 0.6 is 0 Å². The number of nitrogens with zero attached hydrogens (tertiary/aromatic N) is 3. The largest absolute Gasteiger partial charge is 0.417 e. The summed E-state index contributed by atoms with van der Waals surface area (Å²) in [4.78, 5) is 12.4. The van der Waals surface area contributed by atoms with Crippen molar-refractivity contribution in [2.24, 2.45) is 5.10 Å². The predicted molar refractivity (Wildman–Crippen MR) is 84.7 cm³/mol. The third kappa shape index (κ3) is 3.38. The Morgan fingerprint density at radius 2 is 1.92 bits per heavy atom. The van der Waals surface area contributed by atoms with Crippen LogP contribution in [0, 0.1) is 11.3 Å². The number of alkyl halides is 3. The van der Waals surface area contributed by atoms with Gasteiger partial charge in [0, 0.05) is 11.3 Å². The fourth-order valence-electron chi connectivity index (χ4n) is 2.09. The second-order valence-electron chi connectivity index (χ2n) is 5.10. The lowest BCUT2D eigenvalue weighted by molar-refractivity contribution is -0.137. The van der Waals surface area contributed by atoms with Crippen LogP contribution < -0.4 is 5.56 Å². The normalized spacial score (nSPS) is 12.1. The van der Waals surface area contributed by atoms with Crippen molar-refractivity contribution in [3.8, 4) is 17.3 Å². The van der Waals surface area contributed by atoms with Crippen LogP contribution in [-0.4, -0.2) is 10.4 Å². The van der Waals surface area contributed by atoms with Gasteiger partial charge in [-0.3, -0.25) is 4.79 Å². The Labute approximate surface area is 136 Å². The topological polar surface area (TPSA) is 58.1 Å². The Morgan fingerprint density at radius 3 is 2.42 bits per heavy atom. The molecule has 0 saturated heterocycles. The molecule has 0 fully saturated rings. The minimum absolute atomic E-state index is 0.0141. The maximum atomic E-state index is 13.2. The molecule has 2 rings (SSSR count). The third-order valence-corrected chi connectivity index (χ3v) is 3.45. The smallest absolute Gasteiger partial charge is 0.266 e. The van der Waals surface area contributed by atoms with Crippen molar-refractivity contribution < 1.29 is 13.2 Å². The van der Waals surface area contributed by atoms with E-state index in [1.54, 1.807) is 44.2 Å². The summed E-state index contributed by atoms with van der Waals surface area (Å²) in [6, 6.07) is 10.3. The van der Waals surface area contributed by atoms with E-state index in [0.717, 1.165) is 10.7 Å². The summed E-state index contributed by atoms with van der Waals surface area (Å²) >= 11 is 0. The zero-order chi connectivity index (χ0) is 17.9. The number of nitriles is 1. The Morgan fingerprint density at radius 1 is 1.29 bits per heavy atom. The first-order chi connectivity index (χ1) is 11.3. The molecule has 0 saturated carbocycles. The Hall–Kier alpha value is -2.88. The van der Waals surface area contributed by atoms with Gasteiger partial charge in [0.25, 0.3) is 5.56 Å². The molecule has 24 heavy (non-hydrogen) atoms. The predicted octanol–water partition coefficient (Wildman–Crippen LogP) is 4.04. The van der Waals surface area contributed by atoms with E-state index in [9.17, 15) is 18.0 Å². The van der Waals surface area contributed by atoms with E-state index in [2.05, 4.69) is 5.10 Å². The maximum Gasteiger partial charge on any atom is 0.417 e. The lowest BCUT2D eigenvalue weighted by Crippen LogP contribution is -2.26. The van der Waals surface area contributed by atoms with Crippen molar-refractivity contribution >= 4 is 5.71 Å². The molecule has 0 amide bonds. The number of halogens is 3. The van der Waals surface area contributed by atoms with Gasteiger partial charge in [-0.2, -0.15) is 28.2 Å². The average molecular weight is 333 g/mol. The van der Waals surface area contributed by atoms with Gasteiger partial charge in [-0.25, -0.2) is 0 Å². The average Bonchev–Trinajstić information content (AvgIpc) is 2.55. The monoisotopic (exact) mass is 333 g/mol. The van der Waals surface area contributed by atoms with E-state index < -0.39 is 22.9 Å². The highest BCUT2D eigenvalue weighted by molar-refractivity contribution is 5.81. The van der Waals surface area contributed by atoms with Crippen molar-refractivity contribution in [2.45, 2.75) is 26.4 Å². The van der Waals surface area contributed by atoms with Crippen molar-refractivity contribution in [1.29, 1.82) is 5.26 Å². The quantitative estimate of drug-likeness (QED) is 0.796. The lowest BCUT2D eigenvalue weighted by Gasteiger charge is -2.15. The van der Waals surface area contributed by atoms with Crippen LogP contribution in [0.4, 0.5) is 13.2 Å². The number of benzene rings is 1. The van der Waals surface area contributed by atoms with Gasteiger partial charge in [-0.15, -0.1) is 0 Å². The molecular weight excluding hydrogens is 319 g/mol. The van der Waals surface area contributed by atoms with Gasteiger partial charge in [-0.05, 0) is 19.4 Å². The van der Waals surface area contributed by atoms with Crippen molar-refractivity contribution in [3.63, 3.8) is 0 Å². The van der Waals surface area contributed by atoms with Crippen molar-refractivity contribution in [1.82, 2.24) is 4.68 Å². The highest BCUT2D eigenvalue weighted by Gasteiger charge is 2.36. The lowest BCUT2D eigenvalue weighted by atomic mass is 10.0. The van der Waals surface area contributed by atoms with Crippen LogP contribution in [0.15, 0.2) is 46.3 Å². The van der Waals surface area contributed by atoms with Gasteiger partial charge < -0.3 is 0 Å². The number of pyridine rings is 1. The van der Waals surface area contributed by atoms with Crippen LogP contribution in [0.2, 0.25) is 0 Å². The van der Waals surface area contributed by atoms with Crippen LogP contribution in [0.25, 0.3) is 11.3 Å². The standard InChI is InChI=1S/C17H14F3N3O/c1-3-11(2)22-23-15(12-7-5-4-6-8-12)9-14(17(18,19)20)13(10-21)16(23)24/h4-9H,3H2,1-2H3/b22-11+. The number of hydrogen-bond acceptors (Lipinski definition) is 3. The van der Waals surface area contributed by atoms with E-state index in [1.165, 1.54) is 6.07 Å². The van der Waals surface area contributed by atoms with Gasteiger partial charge in [0.15, 0.2) is 0 Å². The SMILES string of the molecule is CC/C(C)=N/n1c(-c2ccccc2)cc(C(F)(F)F)c(C#N)c1=O. The first-order valence-corrected chi connectivity index (χ1v) is 7.16. The molecule has 0 aliphatic heterocycles. The van der Waals surface area contributed by atoms with Crippen LogP contribution in [-0.2, 0) is 6.18 Å². The zero-order valence-corrected chi connectivity index (χ0v) is 13.1. The molecule has 7 heteroatoms. The molecule has 0 atom stereocenters. The zero-order valence-electron chi connectivity index (χ0n) is 13.1. The van der Waals surface area contributed by atoms with Crippen molar-refractivity contribution in [2.75, 3.05) is 0 Å². The molecule has 0 radical (unpaired) electrons. The minimum atomic E-state index is -4.81. The molecule has 0 N–H and O–H groups in total. The summed E-state index contributed by atoms with van der Waals surface area (Å²) in [5.41, 5.74) is -2.36. The fourth-order valence-corrected chi connectivity index (χ4v) is 2.09. The Kier molecular flexibility index (Phi) is 4.88. The number of hydrogen-bond donors (Lipinski definition) is 0. The molecule has 4 nitrogen and oxygen atoms in total. The molecule has 1 heterocycles. The van der Waals surface area contributed by atoms with Crippen LogP contribution in [0.3, 0.4) is 0 Å². The summed E-state index contributed by atoms with van der Waals surface area (Å²) in [6.45, 7) is 3.46. The molecule has 1 aromatic heterocycles. The molecule has 0 unspecified atom stereocenters. The summed E-state index contributed by atoms with van der Waals surface area (Å²) < 4.78 is 40.6. The van der Waals surface area contributed by atoms with E-state index in [0.29, 0.717) is 17.7 Å². The van der Waals surface area contributed by atoms with Gasteiger partial charge in [0.2, 0.25) is 0 Å². The summed E-state index contributed by atoms with van der Waals surface area (Å²) in [7, 11) is 0. The molecule has 0 bridgehead atoms. The summed E-state index contributed by atoms with van der Waals surface area (Å²) in [6.07, 6.45) is -4.29. The molecule has 1 aromatic carbocycles. The van der Waals surface area contributed by atoms with E-state index in [4.69, 9.17) is 5.26 Å². The Bertz CT molecular complexity index is 875. The van der Waals surface area contributed by atoms with Crippen LogP contribution in [0.1, 0.15) is 31.4 Å². The number of rotatable bonds is 3. The highest BCUT2D eigenvalue weighted by Crippen LogP contribution is 2.33. The van der Waals surface area contributed by atoms with Gasteiger partial charge in [0.05, 0.1) is 11.3 Å². The fraction of sp³-hybridized carbons (Fsp3) is 0.235. The molecule has 0 aliphatic rings. The van der Waals surface area contributed by atoms with Crippen molar-refractivity contribution in [3.05, 3.63) is 57.9 Å². The van der Waals surface area contributed by atoms with E-state index >= 15 is 0 Å². The first kappa shape index (κ1) is 17.5. The van der Waals surface area contributed by atoms with Gasteiger partial charge in [0.1, 0.15) is 11.6 Å². The number of aromatic nitrogens is 1. The molecule has 124 valence electrons. The second kappa shape index (κ2) is 6.71. The van der Waals surface area contributed by atoms with E-state index in [1.807, 2.05) is 0 Å². The maximum absolute atomic E-state index is 13.2. The highest BCUT2D eigenvalue weighted by atomic mass is 19.4. The minimum Gasteiger partial charge on any atom is -0.266 e. The van der Waals surface area contributed by atoms with Gasteiger partial charge in [-0.1, -0.05) is 37.3 Å². The summed E-state index contributed by atoms with van der Waals surface area (Å²) in [5, 5.41) is 13.1. The molecule has 0 aliphatic carbocycles.